The molecule has 0 radical (unpaired) electrons. The van der Waals surface area contributed by atoms with E-state index in [1.807, 2.05) is 95.9 Å². The third-order valence-electron chi connectivity index (χ3n) is 6.58. The number of ether oxygens (including phenoxy) is 2. The second kappa shape index (κ2) is 9.17. The highest BCUT2D eigenvalue weighted by molar-refractivity contribution is 5.87. The van der Waals surface area contributed by atoms with E-state index < -0.39 is 0 Å². The molecule has 1 amide bonds. The molecule has 164 valence electrons. The van der Waals surface area contributed by atoms with E-state index in [1.165, 1.54) is 0 Å². The predicted molar refractivity (Wildman–Crippen MR) is 125 cm³/mol. The van der Waals surface area contributed by atoms with Crippen molar-refractivity contribution < 1.29 is 14.3 Å². The highest BCUT2D eigenvalue weighted by Crippen LogP contribution is 2.38. The average Bonchev–Trinajstić information content (AvgIpc) is 3.22. The SMILES string of the molecule is O=C(C(c1ccccc1)c1ccccc1)N1CCC[C@]2(C[C@@H](Oc3ccccc3)CO2)C1. The van der Waals surface area contributed by atoms with Crippen LogP contribution in [0.5, 0.6) is 5.75 Å². The van der Waals surface area contributed by atoms with Gasteiger partial charge < -0.3 is 14.4 Å². The van der Waals surface area contributed by atoms with Gasteiger partial charge in [-0.15, -0.1) is 0 Å². The molecule has 1 spiro atoms. The van der Waals surface area contributed by atoms with Gasteiger partial charge >= 0.3 is 0 Å². The van der Waals surface area contributed by atoms with Crippen molar-refractivity contribution >= 4 is 5.91 Å². The fourth-order valence-corrected chi connectivity index (χ4v) is 5.09. The number of rotatable bonds is 5. The van der Waals surface area contributed by atoms with Crippen LogP contribution in [0.15, 0.2) is 91.0 Å². The van der Waals surface area contributed by atoms with Crippen LogP contribution in [-0.2, 0) is 9.53 Å². The van der Waals surface area contributed by atoms with Crippen molar-refractivity contribution in [3.8, 4) is 5.75 Å². The zero-order valence-corrected chi connectivity index (χ0v) is 18.2. The number of nitrogens with zero attached hydrogens (tertiary/aromatic N) is 1. The van der Waals surface area contributed by atoms with Crippen LogP contribution in [0.3, 0.4) is 0 Å². The van der Waals surface area contributed by atoms with Crippen LogP contribution in [0.4, 0.5) is 0 Å². The number of hydrogen-bond donors (Lipinski definition) is 0. The Morgan fingerprint density at radius 1 is 0.906 bits per heavy atom. The van der Waals surface area contributed by atoms with Gasteiger partial charge in [0.1, 0.15) is 11.9 Å². The summed E-state index contributed by atoms with van der Waals surface area (Å²) in [7, 11) is 0. The zero-order valence-electron chi connectivity index (χ0n) is 18.2. The van der Waals surface area contributed by atoms with Gasteiger partial charge in [0.15, 0.2) is 0 Å². The molecular formula is C28H29NO3. The van der Waals surface area contributed by atoms with E-state index in [9.17, 15) is 4.79 Å². The lowest BCUT2D eigenvalue weighted by atomic mass is 9.86. The minimum Gasteiger partial charge on any atom is -0.488 e. The maximum Gasteiger partial charge on any atom is 0.234 e. The Hall–Kier alpha value is -3.11. The number of benzene rings is 3. The van der Waals surface area contributed by atoms with Crippen molar-refractivity contribution in [3.63, 3.8) is 0 Å². The molecule has 3 aromatic rings. The molecule has 2 aliphatic heterocycles. The van der Waals surface area contributed by atoms with Gasteiger partial charge in [-0.1, -0.05) is 78.9 Å². The van der Waals surface area contributed by atoms with Crippen LogP contribution >= 0.6 is 0 Å². The lowest BCUT2D eigenvalue weighted by molar-refractivity contribution is -0.139. The Bertz CT molecular complexity index is 985. The van der Waals surface area contributed by atoms with Crippen LogP contribution in [0.25, 0.3) is 0 Å². The first-order valence-electron chi connectivity index (χ1n) is 11.5. The maximum atomic E-state index is 13.9. The Kier molecular flexibility index (Phi) is 5.95. The first-order valence-corrected chi connectivity index (χ1v) is 11.5. The standard InChI is InChI=1S/C28H29NO3/c30-27(26(22-11-4-1-5-12-22)23-13-6-2-7-14-23)29-18-10-17-28(21-29)19-25(20-31-28)32-24-15-8-3-9-16-24/h1-9,11-16,25-26H,10,17-21H2/t25-,28+/m1/s1. The van der Waals surface area contributed by atoms with Crippen molar-refractivity contribution in [1.29, 1.82) is 0 Å². The van der Waals surface area contributed by atoms with Gasteiger partial charge in [-0.05, 0) is 36.1 Å². The van der Waals surface area contributed by atoms with Crippen molar-refractivity contribution in [3.05, 3.63) is 102 Å². The van der Waals surface area contributed by atoms with Gasteiger partial charge in [-0.2, -0.15) is 0 Å². The fraction of sp³-hybridized carbons (Fsp3) is 0.321. The van der Waals surface area contributed by atoms with E-state index in [4.69, 9.17) is 9.47 Å². The Labute approximate surface area is 189 Å². The molecule has 32 heavy (non-hydrogen) atoms. The summed E-state index contributed by atoms with van der Waals surface area (Å²) in [6, 6.07) is 30.1. The van der Waals surface area contributed by atoms with Crippen molar-refractivity contribution in [2.24, 2.45) is 0 Å². The number of para-hydroxylation sites is 1. The zero-order chi connectivity index (χ0) is 21.8. The van der Waals surface area contributed by atoms with Crippen molar-refractivity contribution in [1.82, 2.24) is 4.90 Å². The molecule has 0 aliphatic carbocycles. The summed E-state index contributed by atoms with van der Waals surface area (Å²) in [4.78, 5) is 15.9. The molecule has 2 aliphatic rings. The van der Waals surface area contributed by atoms with Crippen molar-refractivity contribution in [2.45, 2.75) is 36.9 Å². The third kappa shape index (κ3) is 4.42. The summed E-state index contributed by atoms with van der Waals surface area (Å²) in [6.45, 7) is 1.96. The number of carbonyl (C=O) groups excluding carboxylic acids is 1. The van der Waals surface area contributed by atoms with Gasteiger partial charge in [-0.3, -0.25) is 4.79 Å². The van der Waals surface area contributed by atoms with Crippen LogP contribution in [0, 0.1) is 0 Å². The normalized spacial score (nSPS) is 22.9. The highest BCUT2D eigenvalue weighted by atomic mass is 16.6. The van der Waals surface area contributed by atoms with E-state index in [0.29, 0.717) is 13.2 Å². The molecule has 4 heteroatoms. The minimum atomic E-state index is -0.314. The molecule has 3 aromatic carbocycles. The molecule has 0 N–H and O–H groups in total. The lowest BCUT2D eigenvalue weighted by Gasteiger charge is -2.41. The van der Waals surface area contributed by atoms with Gasteiger partial charge in [0.05, 0.1) is 18.1 Å². The number of amides is 1. The molecule has 2 atom stereocenters. The Morgan fingerprint density at radius 3 is 2.12 bits per heavy atom. The summed E-state index contributed by atoms with van der Waals surface area (Å²) < 4.78 is 12.5. The van der Waals surface area contributed by atoms with Gasteiger partial charge in [0.2, 0.25) is 5.91 Å². The van der Waals surface area contributed by atoms with Crippen LogP contribution in [-0.4, -0.2) is 42.2 Å². The molecule has 0 bridgehead atoms. The average molecular weight is 428 g/mol. The second-order valence-electron chi connectivity index (χ2n) is 8.87. The third-order valence-corrected chi connectivity index (χ3v) is 6.58. The molecular weight excluding hydrogens is 398 g/mol. The lowest BCUT2D eigenvalue weighted by Crippen LogP contribution is -2.51. The van der Waals surface area contributed by atoms with Crippen molar-refractivity contribution in [2.75, 3.05) is 19.7 Å². The van der Waals surface area contributed by atoms with Crippen LogP contribution in [0.1, 0.15) is 36.3 Å². The molecule has 0 unspecified atom stereocenters. The summed E-state index contributed by atoms with van der Waals surface area (Å²) in [6.07, 6.45) is 2.74. The molecule has 2 heterocycles. The fourth-order valence-electron chi connectivity index (χ4n) is 5.09. The largest absolute Gasteiger partial charge is 0.488 e. The summed E-state index contributed by atoms with van der Waals surface area (Å²) in [5.74, 6) is 0.720. The smallest absolute Gasteiger partial charge is 0.234 e. The van der Waals surface area contributed by atoms with Crippen LogP contribution in [0.2, 0.25) is 0 Å². The molecule has 5 rings (SSSR count). The minimum absolute atomic E-state index is 0.0199. The number of carbonyl (C=O) groups is 1. The second-order valence-corrected chi connectivity index (χ2v) is 8.87. The molecule has 0 saturated carbocycles. The van der Waals surface area contributed by atoms with E-state index in [2.05, 4.69) is 0 Å². The maximum absolute atomic E-state index is 13.9. The molecule has 2 fully saturated rings. The van der Waals surface area contributed by atoms with E-state index in [-0.39, 0.29) is 23.5 Å². The first-order chi connectivity index (χ1) is 15.7. The van der Waals surface area contributed by atoms with E-state index >= 15 is 0 Å². The highest BCUT2D eigenvalue weighted by Gasteiger charge is 2.46. The monoisotopic (exact) mass is 427 g/mol. The number of likely N-dealkylation sites (tertiary alicyclic amines) is 1. The van der Waals surface area contributed by atoms with Crippen LogP contribution < -0.4 is 4.74 Å². The molecule has 2 saturated heterocycles. The topological polar surface area (TPSA) is 38.8 Å². The number of hydrogen-bond acceptors (Lipinski definition) is 3. The summed E-state index contributed by atoms with van der Waals surface area (Å²) in [5.41, 5.74) is 1.74. The van der Waals surface area contributed by atoms with Gasteiger partial charge in [0.25, 0.3) is 0 Å². The summed E-state index contributed by atoms with van der Waals surface area (Å²) >= 11 is 0. The van der Waals surface area contributed by atoms with E-state index in [1.54, 1.807) is 0 Å². The summed E-state index contributed by atoms with van der Waals surface area (Å²) in [5, 5.41) is 0. The quantitative estimate of drug-likeness (QED) is 0.572. The number of piperidine rings is 1. The van der Waals surface area contributed by atoms with E-state index in [0.717, 1.165) is 42.7 Å². The Morgan fingerprint density at radius 2 is 1.50 bits per heavy atom. The predicted octanol–water partition coefficient (Wildman–Crippen LogP) is 5.05. The van der Waals surface area contributed by atoms with Gasteiger partial charge in [0, 0.05) is 19.5 Å². The van der Waals surface area contributed by atoms with Gasteiger partial charge in [-0.25, -0.2) is 0 Å². The molecule has 4 nitrogen and oxygen atoms in total. The Balaban J connectivity index is 1.33. The first kappa shape index (κ1) is 20.8. The molecule has 0 aromatic heterocycles.